The predicted molar refractivity (Wildman–Crippen MR) is 76.1 cm³/mol. The van der Waals surface area contributed by atoms with Crippen molar-refractivity contribution in [2.45, 2.75) is 19.4 Å². The van der Waals surface area contributed by atoms with Crippen molar-refractivity contribution in [1.29, 1.82) is 0 Å². The van der Waals surface area contributed by atoms with Crippen LogP contribution < -0.4 is 5.32 Å². The number of nitrogens with zero attached hydrogens (tertiary/aromatic N) is 5. The molecular formula is C12H13N7OS. The molecule has 8 nitrogen and oxygen atoms in total. The van der Waals surface area contributed by atoms with Gasteiger partial charge in [-0.15, -0.1) is 16.4 Å². The summed E-state index contributed by atoms with van der Waals surface area (Å²) in [4.78, 5) is 20.2. The first-order chi connectivity index (χ1) is 10.3. The van der Waals surface area contributed by atoms with Gasteiger partial charge in [-0.05, 0) is 28.3 Å². The minimum atomic E-state index is -0.168. The van der Waals surface area contributed by atoms with Crippen molar-refractivity contribution in [2.24, 2.45) is 0 Å². The minimum Gasteiger partial charge on any atom is -0.347 e. The van der Waals surface area contributed by atoms with Gasteiger partial charge in [-0.2, -0.15) is 4.68 Å². The number of carbonyl (C=O) groups is 1. The van der Waals surface area contributed by atoms with Gasteiger partial charge in [-0.1, -0.05) is 6.92 Å². The molecule has 0 spiro atoms. The molecule has 0 aromatic carbocycles. The van der Waals surface area contributed by atoms with Crippen molar-refractivity contribution in [3.8, 4) is 5.69 Å². The molecule has 0 fully saturated rings. The van der Waals surface area contributed by atoms with Gasteiger partial charge in [0, 0.05) is 12.4 Å². The summed E-state index contributed by atoms with van der Waals surface area (Å²) < 4.78 is 1.47. The maximum absolute atomic E-state index is 12.5. The maximum Gasteiger partial charge on any atom is 0.264 e. The van der Waals surface area contributed by atoms with E-state index in [1.54, 1.807) is 12.4 Å². The number of aromatic nitrogens is 6. The van der Waals surface area contributed by atoms with Gasteiger partial charge >= 0.3 is 0 Å². The van der Waals surface area contributed by atoms with Gasteiger partial charge < -0.3 is 10.3 Å². The van der Waals surface area contributed by atoms with E-state index in [0.29, 0.717) is 10.6 Å². The molecule has 2 N–H and O–H groups in total. The summed E-state index contributed by atoms with van der Waals surface area (Å²) in [6.07, 6.45) is 5.61. The molecule has 3 heterocycles. The smallest absolute Gasteiger partial charge is 0.264 e. The Morgan fingerprint density at radius 3 is 3.14 bits per heavy atom. The quantitative estimate of drug-likeness (QED) is 0.740. The highest BCUT2D eigenvalue weighted by Crippen LogP contribution is 2.21. The lowest BCUT2D eigenvalue weighted by atomic mass is 10.2. The number of thiophene rings is 1. The van der Waals surface area contributed by atoms with Crippen LogP contribution in [0.1, 0.15) is 34.9 Å². The lowest BCUT2D eigenvalue weighted by Gasteiger charge is -2.14. The number of tetrazole rings is 1. The number of imidazole rings is 1. The SMILES string of the molecule is CCC(NC(=O)c1sccc1-n1cnnn1)c1ncc[nH]1. The molecule has 3 aromatic heterocycles. The molecule has 0 bridgehead atoms. The van der Waals surface area contributed by atoms with Crippen LogP contribution in [0, 0.1) is 0 Å². The van der Waals surface area contributed by atoms with Crippen molar-refractivity contribution in [2.75, 3.05) is 0 Å². The van der Waals surface area contributed by atoms with Gasteiger partial charge in [0.25, 0.3) is 5.91 Å². The highest BCUT2D eigenvalue weighted by molar-refractivity contribution is 7.12. The van der Waals surface area contributed by atoms with Crippen LogP contribution in [0.2, 0.25) is 0 Å². The van der Waals surface area contributed by atoms with Crippen LogP contribution >= 0.6 is 11.3 Å². The van der Waals surface area contributed by atoms with E-state index in [2.05, 4.69) is 30.8 Å². The van der Waals surface area contributed by atoms with Gasteiger partial charge in [-0.25, -0.2) is 4.98 Å². The van der Waals surface area contributed by atoms with Crippen molar-refractivity contribution in [3.05, 3.63) is 40.9 Å². The predicted octanol–water partition coefficient (Wildman–Crippen LogP) is 1.33. The molecule has 1 amide bonds. The molecule has 108 valence electrons. The second kappa shape index (κ2) is 5.83. The Kier molecular flexibility index (Phi) is 3.73. The minimum absolute atomic E-state index is 0.156. The monoisotopic (exact) mass is 303 g/mol. The van der Waals surface area contributed by atoms with Crippen LogP contribution in [0.25, 0.3) is 5.69 Å². The fraction of sp³-hybridized carbons (Fsp3) is 0.250. The molecule has 0 saturated carbocycles. The third-order valence-corrected chi connectivity index (χ3v) is 3.91. The first-order valence-corrected chi connectivity index (χ1v) is 7.28. The summed E-state index contributed by atoms with van der Waals surface area (Å²) in [5.41, 5.74) is 0.664. The Labute approximate surface area is 124 Å². The van der Waals surface area contributed by atoms with E-state index in [0.717, 1.165) is 12.2 Å². The Bertz CT molecular complexity index is 704. The van der Waals surface area contributed by atoms with Gasteiger partial charge in [0.05, 0.1) is 11.7 Å². The lowest BCUT2D eigenvalue weighted by Crippen LogP contribution is -2.29. The number of hydrogen-bond acceptors (Lipinski definition) is 6. The fourth-order valence-corrected chi connectivity index (χ4v) is 2.76. The summed E-state index contributed by atoms with van der Waals surface area (Å²) in [6.45, 7) is 1.99. The molecular weight excluding hydrogens is 290 g/mol. The van der Waals surface area contributed by atoms with Crippen LogP contribution in [0.3, 0.4) is 0 Å². The van der Waals surface area contributed by atoms with Crippen molar-refractivity contribution >= 4 is 17.2 Å². The van der Waals surface area contributed by atoms with Gasteiger partial charge in [0.1, 0.15) is 17.0 Å². The molecule has 0 saturated heterocycles. The Balaban J connectivity index is 1.82. The normalized spacial score (nSPS) is 12.2. The van der Waals surface area contributed by atoms with Gasteiger partial charge in [-0.3, -0.25) is 4.79 Å². The molecule has 1 atom stereocenters. The number of carbonyl (C=O) groups excluding carboxylic acids is 1. The van der Waals surface area contributed by atoms with Crippen LogP contribution in [0.5, 0.6) is 0 Å². The second-order valence-electron chi connectivity index (χ2n) is 4.30. The molecule has 0 aliphatic rings. The van der Waals surface area contributed by atoms with Crippen molar-refractivity contribution < 1.29 is 4.79 Å². The second-order valence-corrected chi connectivity index (χ2v) is 5.21. The Morgan fingerprint density at radius 2 is 2.48 bits per heavy atom. The Morgan fingerprint density at radius 1 is 1.57 bits per heavy atom. The van der Waals surface area contributed by atoms with Gasteiger partial charge in [0.2, 0.25) is 0 Å². The van der Waals surface area contributed by atoms with Crippen LogP contribution in [0.4, 0.5) is 0 Å². The van der Waals surface area contributed by atoms with E-state index >= 15 is 0 Å². The van der Waals surface area contributed by atoms with Crippen LogP contribution in [-0.2, 0) is 0 Å². The van der Waals surface area contributed by atoms with E-state index in [-0.39, 0.29) is 11.9 Å². The molecule has 21 heavy (non-hydrogen) atoms. The highest BCUT2D eigenvalue weighted by atomic mass is 32.1. The molecule has 0 radical (unpaired) electrons. The van der Waals surface area contributed by atoms with E-state index in [4.69, 9.17) is 0 Å². The van der Waals surface area contributed by atoms with E-state index in [1.165, 1.54) is 22.3 Å². The molecule has 3 rings (SSSR count). The van der Waals surface area contributed by atoms with E-state index in [9.17, 15) is 4.79 Å². The number of hydrogen-bond donors (Lipinski definition) is 2. The topological polar surface area (TPSA) is 101 Å². The molecule has 0 aliphatic carbocycles. The zero-order valence-electron chi connectivity index (χ0n) is 11.2. The molecule has 3 aromatic rings. The largest absolute Gasteiger partial charge is 0.347 e. The van der Waals surface area contributed by atoms with Crippen LogP contribution in [-0.4, -0.2) is 36.1 Å². The van der Waals surface area contributed by atoms with E-state index in [1.807, 2.05) is 18.4 Å². The number of rotatable bonds is 5. The zero-order valence-corrected chi connectivity index (χ0v) is 12.0. The molecule has 1 unspecified atom stereocenters. The summed E-state index contributed by atoms with van der Waals surface area (Å²) in [7, 11) is 0. The first-order valence-electron chi connectivity index (χ1n) is 6.40. The standard InChI is InChI=1S/C12H13N7OS/c1-2-8(11-13-4-5-14-11)16-12(20)10-9(3-6-21-10)19-7-15-17-18-19/h3-8H,2H2,1H3,(H,13,14)(H,16,20). The van der Waals surface area contributed by atoms with Gasteiger partial charge in [0.15, 0.2) is 0 Å². The number of nitrogens with one attached hydrogen (secondary N) is 2. The first kappa shape index (κ1) is 13.4. The third-order valence-electron chi connectivity index (χ3n) is 3.01. The number of aromatic amines is 1. The third kappa shape index (κ3) is 2.68. The Hall–Kier alpha value is -2.55. The molecule has 9 heteroatoms. The van der Waals surface area contributed by atoms with E-state index < -0.39 is 0 Å². The lowest BCUT2D eigenvalue weighted by molar-refractivity contribution is 0.0938. The maximum atomic E-state index is 12.5. The number of amides is 1. The summed E-state index contributed by atoms with van der Waals surface area (Å²) in [6, 6.07) is 1.65. The van der Waals surface area contributed by atoms with Crippen molar-refractivity contribution in [1.82, 2.24) is 35.5 Å². The summed E-state index contributed by atoms with van der Waals surface area (Å²) in [5, 5.41) is 15.8. The highest BCUT2D eigenvalue weighted by Gasteiger charge is 2.20. The van der Waals surface area contributed by atoms with Crippen molar-refractivity contribution in [3.63, 3.8) is 0 Å². The van der Waals surface area contributed by atoms with Crippen LogP contribution in [0.15, 0.2) is 30.2 Å². The molecule has 0 aliphatic heterocycles. The fourth-order valence-electron chi connectivity index (χ4n) is 1.98. The number of H-pyrrole nitrogens is 1. The summed E-state index contributed by atoms with van der Waals surface area (Å²) in [5.74, 6) is 0.574. The zero-order chi connectivity index (χ0) is 14.7. The average molecular weight is 303 g/mol. The average Bonchev–Trinajstić information content (AvgIpc) is 3.25. The summed E-state index contributed by atoms with van der Waals surface area (Å²) >= 11 is 1.35.